The Morgan fingerprint density at radius 2 is 1.33 bits per heavy atom. The van der Waals surface area contributed by atoms with E-state index >= 15 is 0 Å². The predicted molar refractivity (Wildman–Crippen MR) is 139 cm³/mol. The molecule has 0 bridgehead atoms. The number of esters is 1. The van der Waals surface area contributed by atoms with E-state index in [0.717, 1.165) is 28.5 Å². The van der Waals surface area contributed by atoms with Crippen LogP contribution < -0.4 is 9.47 Å². The van der Waals surface area contributed by atoms with Crippen LogP contribution in [0.3, 0.4) is 0 Å². The smallest absolute Gasteiger partial charge is 0.343 e. The van der Waals surface area contributed by atoms with Crippen molar-refractivity contribution in [1.29, 1.82) is 0 Å². The van der Waals surface area contributed by atoms with Crippen molar-refractivity contribution in [2.24, 2.45) is 0 Å². The molecule has 0 radical (unpaired) electrons. The van der Waals surface area contributed by atoms with Gasteiger partial charge in [0.15, 0.2) is 0 Å². The molecular formula is C31H28O5. The van der Waals surface area contributed by atoms with E-state index in [1.54, 1.807) is 54.6 Å². The number of hydrogen-bond donors (Lipinski definition) is 1. The van der Waals surface area contributed by atoms with Crippen LogP contribution in [0.15, 0.2) is 84.9 Å². The Hall–Kier alpha value is -4.38. The summed E-state index contributed by atoms with van der Waals surface area (Å²) in [5.74, 6) is 1.48. The van der Waals surface area contributed by atoms with E-state index in [1.165, 1.54) is 0 Å². The summed E-state index contributed by atoms with van der Waals surface area (Å²) in [6.07, 6.45) is 0.775. The van der Waals surface area contributed by atoms with E-state index in [-0.39, 0.29) is 11.2 Å². The summed E-state index contributed by atoms with van der Waals surface area (Å²) in [6.45, 7) is 8.05. The second-order valence-electron chi connectivity index (χ2n) is 9.31. The molecule has 0 unspecified atom stereocenters. The second kappa shape index (κ2) is 10.1. The third-order valence-electron chi connectivity index (χ3n) is 6.36. The molecule has 4 rings (SSSR count). The molecule has 0 fully saturated rings. The van der Waals surface area contributed by atoms with Crippen molar-refractivity contribution in [3.63, 3.8) is 0 Å². The van der Waals surface area contributed by atoms with Gasteiger partial charge in [0.25, 0.3) is 0 Å². The lowest BCUT2D eigenvalue weighted by atomic mass is 9.77. The van der Waals surface area contributed by atoms with Gasteiger partial charge in [-0.1, -0.05) is 38.1 Å². The molecule has 0 heterocycles. The molecule has 0 aliphatic carbocycles. The first-order valence-electron chi connectivity index (χ1n) is 11.6. The van der Waals surface area contributed by atoms with Crippen LogP contribution in [0.4, 0.5) is 0 Å². The van der Waals surface area contributed by atoms with Gasteiger partial charge in [0.2, 0.25) is 0 Å². The van der Waals surface area contributed by atoms with Crippen molar-refractivity contribution in [1.82, 2.24) is 0 Å². The molecule has 36 heavy (non-hydrogen) atoms. The summed E-state index contributed by atoms with van der Waals surface area (Å²) in [5, 5.41) is 9.87. The second-order valence-corrected chi connectivity index (χ2v) is 9.31. The van der Waals surface area contributed by atoms with E-state index in [9.17, 15) is 14.7 Å². The van der Waals surface area contributed by atoms with Gasteiger partial charge in [-0.15, -0.1) is 0 Å². The van der Waals surface area contributed by atoms with Gasteiger partial charge in [-0.2, -0.15) is 0 Å². The topological polar surface area (TPSA) is 72.8 Å². The summed E-state index contributed by atoms with van der Waals surface area (Å²) in [5.41, 5.74) is 4.52. The molecule has 5 heteroatoms. The third-order valence-corrected chi connectivity index (χ3v) is 6.36. The highest BCUT2D eigenvalue weighted by atomic mass is 16.5. The van der Waals surface area contributed by atoms with Gasteiger partial charge < -0.3 is 14.6 Å². The van der Waals surface area contributed by atoms with Gasteiger partial charge in [0.1, 0.15) is 29.3 Å². The fourth-order valence-corrected chi connectivity index (χ4v) is 3.93. The summed E-state index contributed by atoms with van der Waals surface area (Å²) in [6, 6.07) is 24.9. The van der Waals surface area contributed by atoms with E-state index in [0.29, 0.717) is 28.4 Å². The van der Waals surface area contributed by atoms with Crippen LogP contribution in [0.1, 0.15) is 56.8 Å². The molecule has 0 atom stereocenters. The minimum absolute atomic E-state index is 0.279. The van der Waals surface area contributed by atoms with Gasteiger partial charge in [0.05, 0.1) is 5.56 Å². The quantitative estimate of drug-likeness (QED) is 0.173. The Bertz CT molecular complexity index is 1400. The molecule has 0 aromatic heterocycles. The van der Waals surface area contributed by atoms with Gasteiger partial charge in [0, 0.05) is 11.0 Å². The first-order valence-corrected chi connectivity index (χ1v) is 11.6. The maximum Gasteiger partial charge on any atom is 0.343 e. The van der Waals surface area contributed by atoms with Crippen LogP contribution in [-0.4, -0.2) is 17.4 Å². The Labute approximate surface area is 211 Å². The summed E-state index contributed by atoms with van der Waals surface area (Å²) in [4.78, 5) is 23.5. The molecule has 182 valence electrons. The van der Waals surface area contributed by atoms with Crippen LogP contribution in [0.5, 0.6) is 23.0 Å². The molecule has 5 nitrogen and oxygen atoms in total. The summed E-state index contributed by atoms with van der Waals surface area (Å²) in [7, 11) is 0. The van der Waals surface area contributed by atoms with Crippen molar-refractivity contribution in [2.75, 3.05) is 0 Å². The number of carbonyl (C=O) groups is 2. The normalized spacial score (nSPS) is 11.1. The SMILES string of the molecule is Cc1cc(C(C)(C)c2ccc(OC(=O)c3ccc(Oc4ccc(C=O)cc4)cc3)c(C)c2)ccc1O. The number of ether oxygens (including phenoxy) is 2. The van der Waals surface area contributed by atoms with Gasteiger partial charge >= 0.3 is 5.97 Å². The predicted octanol–water partition coefficient (Wildman–Crippen LogP) is 7.16. The zero-order valence-electron chi connectivity index (χ0n) is 20.7. The van der Waals surface area contributed by atoms with Crippen molar-refractivity contribution < 1.29 is 24.2 Å². The summed E-state index contributed by atoms with van der Waals surface area (Å²) >= 11 is 0. The number of rotatable bonds is 7. The first kappa shape index (κ1) is 24.7. The number of carbonyl (C=O) groups excluding carboxylic acids is 2. The molecule has 4 aromatic rings. The van der Waals surface area contributed by atoms with Crippen molar-refractivity contribution in [3.8, 4) is 23.0 Å². The van der Waals surface area contributed by atoms with E-state index in [2.05, 4.69) is 13.8 Å². The fourth-order valence-electron chi connectivity index (χ4n) is 3.93. The number of benzene rings is 4. The van der Waals surface area contributed by atoms with Crippen LogP contribution in [0.2, 0.25) is 0 Å². The van der Waals surface area contributed by atoms with Crippen LogP contribution >= 0.6 is 0 Å². The molecule has 0 aliphatic heterocycles. The van der Waals surface area contributed by atoms with E-state index in [4.69, 9.17) is 9.47 Å². The van der Waals surface area contributed by atoms with Crippen LogP contribution in [0.25, 0.3) is 0 Å². The van der Waals surface area contributed by atoms with Gasteiger partial charge in [-0.3, -0.25) is 4.79 Å². The standard InChI is InChI=1S/C31H28O5/c1-20-17-24(9-15-28(20)33)31(3,4)25-10-16-29(21(2)18-25)36-30(34)23-7-13-27(14-8-23)35-26-11-5-22(19-32)6-12-26/h5-19,33H,1-4H3. The van der Waals surface area contributed by atoms with Gasteiger partial charge in [-0.05, 0) is 96.8 Å². The maximum absolute atomic E-state index is 12.8. The highest BCUT2D eigenvalue weighted by Crippen LogP contribution is 2.35. The number of hydrogen-bond acceptors (Lipinski definition) is 5. The average molecular weight is 481 g/mol. The zero-order valence-corrected chi connectivity index (χ0v) is 20.7. The molecule has 4 aromatic carbocycles. The molecule has 0 aliphatic rings. The number of phenols is 1. The monoisotopic (exact) mass is 480 g/mol. The minimum Gasteiger partial charge on any atom is -0.508 e. The lowest BCUT2D eigenvalue weighted by molar-refractivity contribution is 0.0733. The van der Waals surface area contributed by atoms with Gasteiger partial charge in [-0.25, -0.2) is 4.79 Å². The van der Waals surface area contributed by atoms with Crippen molar-refractivity contribution in [3.05, 3.63) is 118 Å². The van der Waals surface area contributed by atoms with Crippen LogP contribution in [-0.2, 0) is 5.41 Å². The molecular weight excluding hydrogens is 452 g/mol. The average Bonchev–Trinajstić information content (AvgIpc) is 2.87. The minimum atomic E-state index is -0.457. The lowest BCUT2D eigenvalue weighted by Crippen LogP contribution is -2.19. The first-order chi connectivity index (χ1) is 17.2. The summed E-state index contributed by atoms with van der Waals surface area (Å²) < 4.78 is 11.4. The third kappa shape index (κ3) is 5.31. The zero-order chi connectivity index (χ0) is 25.9. The van der Waals surface area contributed by atoms with Crippen molar-refractivity contribution in [2.45, 2.75) is 33.1 Å². The Morgan fingerprint density at radius 3 is 1.89 bits per heavy atom. The lowest BCUT2D eigenvalue weighted by Gasteiger charge is -2.27. The van der Waals surface area contributed by atoms with Crippen LogP contribution in [0, 0.1) is 13.8 Å². The Kier molecular flexibility index (Phi) is 6.93. The Morgan fingerprint density at radius 1 is 0.778 bits per heavy atom. The van der Waals surface area contributed by atoms with Crippen molar-refractivity contribution >= 4 is 12.3 Å². The number of aryl methyl sites for hydroxylation is 2. The van der Waals surface area contributed by atoms with E-state index < -0.39 is 5.97 Å². The molecule has 0 saturated heterocycles. The molecule has 0 saturated carbocycles. The van der Waals surface area contributed by atoms with E-state index in [1.807, 2.05) is 44.2 Å². The number of phenolic OH excluding ortho intramolecular Hbond substituents is 1. The largest absolute Gasteiger partial charge is 0.508 e. The highest BCUT2D eigenvalue weighted by molar-refractivity contribution is 5.91. The molecule has 1 N–H and O–H groups in total. The fraction of sp³-hybridized carbons (Fsp3) is 0.161. The Balaban J connectivity index is 1.45. The maximum atomic E-state index is 12.8. The molecule has 0 spiro atoms. The highest BCUT2D eigenvalue weighted by Gasteiger charge is 2.25. The number of aromatic hydroxyl groups is 1. The number of aldehydes is 1. The molecule has 0 amide bonds.